The standard InChI is InChI=1S/C16H26O2Si/c1-16(2,3)19(4,5)18-13-15(11-12-17)14-9-7-6-8-10-14/h6-11,17H,12-13H2,1-5H3/b15-11+. The molecule has 0 amide bonds. The Morgan fingerprint density at radius 1 is 1.21 bits per heavy atom. The highest BCUT2D eigenvalue weighted by atomic mass is 28.4. The first kappa shape index (κ1) is 16.2. The summed E-state index contributed by atoms with van der Waals surface area (Å²) in [6, 6.07) is 10.1. The Labute approximate surface area is 118 Å². The third-order valence-electron chi connectivity index (χ3n) is 3.88. The SMILES string of the molecule is CC(C)(C)[Si](C)(C)OC/C(=C\CO)c1ccccc1. The average molecular weight is 278 g/mol. The molecule has 0 saturated heterocycles. The summed E-state index contributed by atoms with van der Waals surface area (Å²) in [5, 5.41) is 9.37. The van der Waals surface area contributed by atoms with Gasteiger partial charge in [0.15, 0.2) is 8.32 Å². The van der Waals surface area contributed by atoms with Gasteiger partial charge in [-0.15, -0.1) is 0 Å². The molecule has 0 spiro atoms. The second-order valence-electron chi connectivity index (χ2n) is 6.33. The van der Waals surface area contributed by atoms with Crippen LogP contribution >= 0.6 is 0 Å². The Bertz CT molecular complexity index is 416. The normalized spacial score (nSPS) is 13.7. The van der Waals surface area contributed by atoms with Crippen LogP contribution in [0.1, 0.15) is 26.3 Å². The molecule has 0 atom stereocenters. The molecule has 0 radical (unpaired) electrons. The van der Waals surface area contributed by atoms with E-state index in [-0.39, 0.29) is 11.6 Å². The third kappa shape index (κ3) is 4.60. The second kappa shape index (κ2) is 6.50. The molecule has 0 fully saturated rings. The maximum atomic E-state index is 9.17. The van der Waals surface area contributed by atoms with E-state index in [0.29, 0.717) is 6.61 Å². The Balaban J connectivity index is 2.81. The maximum absolute atomic E-state index is 9.17. The molecular formula is C16H26O2Si. The fraction of sp³-hybridized carbons (Fsp3) is 0.500. The zero-order valence-corrected chi connectivity index (χ0v) is 13.7. The van der Waals surface area contributed by atoms with Gasteiger partial charge < -0.3 is 9.53 Å². The van der Waals surface area contributed by atoms with Crippen molar-refractivity contribution in [2.24, 2.45) is 0 Å². The van der Waals surface area contributed by atoms with E-state index in [9.17, 15) is 0 Å². The summed E-state index contributed by atoms with van der Waals surface area (Å²) in [6.45, 7) is 11.8. The number of hydrogen-bond donors (Lipinski definition) is 1. The van der Waals surface area contributed by atoms with Gasteiger partial charge >= 0.3 is 0 Å². The van der Waals surface area contributed by atoms with Gasteiger partial charge in [0.2, 0.25) is 0 Å². The molecule has 0 saturated carbocycles. The minimum Gasteiger partial charge on any atom is -0.413 e. The number of rotatable bonds is 5. The van der Waals surface area contributed by atoms with Gasteiger partial charge in [-0.2, -0.15) is 0 Å². The van der Waals surface area contributed by atoms with Gasteiger partial charge in [-0.05, 0) is 29.3 Å². The van der Waals surface area contributed by atoms with Gasteiger partial charge in [0.05, 0.1) is 13.2 Å². The van der Waals surface area contributed by atoms with Crippen molar-refractivity contribution < 1.29 is 9.53 Å². The summed E-state index contributed by atoms with van der Waals surface area (Å²) in [5.74, 6) is 0. The van der Waals surface area contributed by atoms with Gasteiger partial charge in [0.25, 0.3) is 0 Å². The minimum absolute atomic E-state index is 0.0467. The molecule has 1 aromatic carbocycles. The predicted molar refractivity (Wildman–Crippen MR) is 84.7 cm³/mol. The summed E-state index contributed by atoms with van der Waals surface area (Å²) in [5.41, 5.74) is 2.18. The Kier molecular flexibility index (Phi) is 5.53. The number of aliphatic hydroxyl groups excluding tert-OH is 1. The van der Waals surface area contributed by atoms with Crippen LogP contribution < -0.4 is 0 Å². The van der Waals surface area contributed by atoms with Crippen molar-refractivity contribution >= 4 is 13.9 Å². The molecule has 0 aliphatic heterocycles. The molecule has 0 heterocycles. The van der Waals surface area contributed by atoms with Gasteiger partial charge in [-0.3, -0.25) is 0 Å². The first-order valence-electron chi connectivity index (χ1n) is 6.77. The first-order chi connectivity index (χ1) is 8.78. The highest BCUT2D eigenvalue weighted by molar-refractivity contribution is 6.74. The zero-order chi connectivity index (χ0) is 14.5. The Morgan fingerprint density at radius 3 is 2.26 bits per heavy atom. The lowest BCUT2D eigenvalue weighted by atomic mass is 10.1. The molecule has 106 valence electrons. The van der Waals surface area contributed by atoms with Crippen molar-refractivity contribution in [2.45, 2.75) is 38.9 Å². The van der Waals surface area contributed by atoms with E-state index in [4.69, 9.17) is 9.53 Å². The number of aliphatic hydroxyl groups is 1. The Morgan fingerprint density at radius 2 is 1.79 bits per heavy atom. The average Bonchev–Trinajstić information content (AvgIpc) is 2.34. The molecular weight excluding hydrogens is 252 g/mol. The van der Waals surface area contributed by atoms with Gasteiger partial charge in [-0.25, -0.2) is 0 Å². The molecule has 1 N–H and O–H groups in total. The monoisotopic (exact) mass is 278 g/mol. The van der Waals surface area contributed by atoms with Crippen molar-refractivity contribution in [1.29, 1.82) is 0 Å². The van der Waals surface area contributed by atoms with E-state index in [0.717, 1.165) is 11.1 Å². The quantitative estimate of drug-likeness (QED) is 0.822. The predicted octanol–water partition coefficient (Wildman–Crippen LogP) is 4.08. The smallest absolute Gasteiger partial charge is 0.192 e. The summed E-state index contributed by atoms with van der Waals surface area (Å²) in [6.07, 6.45) is 1.84. The van der Waals surface area contributed by atoms with Crippen LogP contribution in [0.4, 0.5) is 0 Å². The van der Waals surface area contributed by atoms with Crippen LogP contribution in [-0.2, 0) is 4.43 Å². The fourth-order valence-corrected chi connectivity index (χ4v) is 2.45. The second-order valence-corrected chi connectivity index (χ2v) is 11.1. The fourth-order valence-electron chi connectivity index (χ4n) is 1.50. The number of hydrogen-bond acceptors (Lipinski definition) is 2. The van der Waals surface area contributed by atoms with Crippen LogP contribution in [0.15, 0.2) is 36.4 Å². The van der Waals surface area contributed by atoms with Crippen molar-refractivity contribution in [2.75, 3.05) is 13.2 Å². The van der Waals surface area contributed by atoms with Crippen LogP contribution in [0.3, 0.4) is 0 Å². The maximum Gasteiger partial charge on any atom is 0.192 e. The van der Waals surface area contributed by atoms with Crippen LogP contribution in [0.5, 0.6) is 0 Å². The first-order valence-corrected chi connectivity index (χ1v) is 9.68. The van der Waals surface area contributed by atoms with Gasteiger partial charge in [0.1, 0.15) is 0 Å². The highest BCUT2D eigenvalue weighted by Gasteiger charge is 2.37. The molecule has 3 heteroatoms. The molecule has 0 aliphatic carbocycles. The molecule has 0 unspecified atom stereocenters. The molecule has 1 aromatic rings. The topological polar surface area (TPSA) is 29.5 Å². The van der Waals surface area contributed by atoms with Crippen LogP contribution in [0.25, 0.3) is 5.57 Å². The lowest BCUT2D eigenvalue weighted by molar-refractivity contribution is 0.327. The summed E-state index contributed by atoms with van der Waals surface area (Å²) in [4.78, 5) is 0. The largest absolute Gasteiger partial charge is 0.413 e. The lowest BCUT2D eigenvalue weighted by Crippen LogP contribution is -2.41. The van der Waals surface area contributed by atoms with Crippen molar-refractivity contribution in [3.8, 4) is 0 Å². The van der Waals surface area contributed by atoms with Crippen LogP contribution in [0, 0.1) is 0 Å². The van der Waals surface area contributed by atoms with Gasteiger partial charge in [0, 0.05) is 0 Å². The lowest BCUT2D eigenvalue weighted by Gasteiger charge is -2.36. The molecule has 0 aliphatic rings. The summed E-state index contributed by atoms with van der Waals surface area (Å²) >= 11 is 0. The summed E-state index contributed by atoms with van der Waals surface area (Å²) in [7, 11) is -1.75. The van der Waals surface area contributed by atoms with Crippen molar-refractivity contribution in [1.82, 2.24) is 0 Å². The minimum atomic E-state index is -1.75. The van der Waals surface area contributed by atoms with E-state index in [2.05, 4.69) is 46.0 Å². The number of benzene rings is 1. The van der Waals surface area contributed by atoms with E-state index in [1.807, 2.05) is 24.3 Å². The molecule has 19 heavy (non-hydrogen) atoms. The molecule has 0 bridgehead atoms. The van der Waals surface area contributed by atoms with E-state index < -0.39 is 8.32 Å². The summed E-state index contributed by atoms with van der Waals surface area (Å²) < 4.78 is 6.22. The third-order valence-corrected chi connectivity index (χ3v) is 8.36. The van der Waals surface area contributed by atoms with Crippen LogP contribution in [-0.4, -0.2) is 26.6 Å². The van der Waals surface area contributed by atoms with E-state index in [1.54, 1.807) is 0 Å². The highest BCUT2D eigenvalue weighted by Crippen LogP contribution is 2.37. The molecule has 0 aromatic heterocycles. The van der Waals surface area contributed by atoms with Crippen molar-refractivity contribution in [3.63, 3.8) is 0 Å². The van der Waals surface area contributed by atoms with E-state index in [1.165, 1.54) is 0 Å². The zero-order valence-electron chi connectivity index (χ0n) is 12.7. The Hall–Kier alpha value is -0.903. The van der Waals surface area contributed by atoms with E-state index >= 15 is 0 Å². The van der Waals surface area contributed by atoms with Crippen molar-refractivity contribution in [3.05, 3.63) is 42.0 Å². The van der Waals surface area contributed by atoms with Gasteiger partial charge in [-0.1, -0.05) is 57.2 Å². The molecule has 2 nitrogen and oxygen atoms in total. The van der Waals surface area contributed by atoms with Crippen LogP contribution in [0.2, 0.25) is 18.1 Å². The molecule has 1 rings (SSSR count).